The standard InChI is InChI=1S/C13H17NO2/c1-2-14-12-9-16-8-11(12)13(15)10-6-4-3-5-7-10/h3-7,11-12,14H,2,8-9H2,1H3. The molecule has 2 rings (SSSR count). The number of carbonyl (C=O) groups excluding carboxylic acids is 1. The number of hydrogen-bond acceptors (Lipinski definition) is 3. The summed E-state index contributed by atoms with van der Waals surface area (Å²) in [5.41, 5.74) is 0.779. The van der Waals surface area contributed by atoms with E-state index in [2.05, 4.69) is 5.32 Å². The molecule has 0 aromatic heterocycles. The summed E-state index contributed by atoms with van der Waals surface area (Å²) in [6, 6.07) is 9.60. The van der Waals surface area contributed by atoms with E-state index in [-0.39, 0.29) is 17.7 Å². The lowest BCUT2D eigenvalue weighted by Gasteiger charge is -2.16. The lowest BCUT2D eigenvalue weighted by molar-refractivity contribution is 0.0892. The number of rotatable bonds is 4. The first kappa shape index (κ1) is 11.3. The summed E-state index contributed by atoms with van der Waals surface area (Å²) in [6.07, 6.45) is 0. The maximum atomic E-state index is 12.2. The molecule has 16 heavy (non-hydrogen) atoms. The average Bonchev–Trinajstić information content (AvgIpc) is 2.78. The van der Waals surface area contributed by atoms with Crippen LogP contribution in [0.3, 0.4) is 0 Å². The fourth-order valence-corrected chi connectivity index (χ4v) is 2.09. The Balaban J connectivity index is 2.09. The molecule has 0 radical (unpaired) electrons. The molecule has 2 unspecified atom stereocenters. The third-order valence-electron chi connectivity index (χ3n) is 2.94. The highest BCUT2D eigenvalue weighted by Crippen LogP contribution is 2.19. The van der Waals surface area contributed by atoms with E-state index >= 15 is 0 Å². The van der Waals surface area contributed by atoms with Gasteiger partial charge in [0.1, 0.15) is 0 Å². The smallest absolute Gasteiger partial charge is 0.169 e. The fourth-order valence-electron chi connectivity index (χ4n) is 2.09. The van der Waals surface area contributed by atoms with Crippen molar-refractivity contribution in [3.05, 3.63) is 35.9 Å². The molecule has 1 aliphatic rings. The van der Waals surface area contributed by atoms with Crippen molar-refractivity contribution in [1.29, 1.82) is 0 Å². The first-order valence-corrected chi connectivity index (χ1v) is 5.73. The van der Waals surface area contributed by atoms with Gasteiger partial charge in [0.25, 0.3) is 0 Å². The van der Waals surface area contributed by atoms with Crippen LogP contribution < -0.4 is 5.32 Å². The third kappa shape index (κ3) is 2.31. The average molecular weight is 219 g/mol. The van der Waals surface area contributed by atoms with Crippen molar-refractivity contribution in [3.8, 4) is 0 Å². The van der Waals surface area contributed by atoms with Gasteiger partial charge in [0.15, 0.2) is 5.78 Å². The second-order valence-electron chi connectivity index (χ2n) is 4.04. The van der Waals surface area contributed by atoms with Crippen LogP contribution in [0.4, 0.5) is 0 Å². The van der Waals surface area contributed by atoms with Gasteiger partial charge < -0.3 is 10.1 Å². The maximum absolute atomic E-state index is 12.2. The Bertz CT molecular complexity index is 350. The molecule has 1 N–H and O–H groups in total. The minimum atomic E-state index is -0.0395. The van der Waals surface area contributed by atoms with Gasteiger partial charge in [-0.1, -0.05) is 37.3 Å². The minimum Gasteiger partial charge on any atom is -0.379 e. The van der Waals surface area contributed by atoms with Crippen LogP contribution >= 0.6 is 0 Å². The molecule has 1 aromatic carbocycles. The van der Waals surface area contributed by atoms with Crippen LogP contribution in [0, 0.1) is 5.92 Å². The van der Waals surface area contributed by atoms with Crippen molar-refractivity contribution >= 4 is 5.78 Å². The molecule has 0 saturated carbocycles. The van der Waals surface area contributed by atoms with Crippen LogP contribution in [0.5, 0.6) is 0 Å². The van der Waals surface area contributed by atoms with Crippen LogP contribution in [0.25, 0.3) is 0 Å². The third-order valence-corrected chi connectivity index (χ3v) is 2.94. The van der Waals surface area contributed by atoms with E-state index in [1.54, 1.807) is 0 Å². The van der Waals surface area contributed by atoms with Crippen LogP contribution in [-0.2, 0) is 4.74 Å². The van der Waals surface area contributed by atoms with Gasteiger partial charge in [0, 0.05) is 11.6 Å². The Morgan fingerprint density at radius 2 is 2.12 bits per heavy atom. The highest BCUT2D eigenvalue weighted by Gasteiger charge is 2.33. The number of hydrogen-bond donors (Lipinski definition) is 1. The molecule has 0 aliphatic carbocycles. The van der Waals surface area contributed by atoms with E-state index in [9.17, 15) is 4.79 Å². The molecular formula is C13H17NO2. The molecule has 2 atom stereocenters. The van der Waals surface area contributed by atoms with Crippen LogP contribution in [0.1, 0.15) is 17.3 Å². The Morgan fingerprint density at radius 3 is 2.81 bits per heavy atom. The van der Waals surface area contributed by atoms with Crippen molar-refractivity contribution in [2.75, 3.05) is 19.8 Å². The highest BCUT2D eigenvalue weighted by molar-refractivity contribution is 5.98. The molecule has 3 heteroatoms. The van der Waals surface area contributed by atoms with Crippen LogP contribution in [-0.4, -0.2) is 31.6 Å². The topological polar surface area (TPSA) is 38.3 Å². The number of benzene rings is 1. The Hall–Kier alpha value is -1.19. The first-order chi connectivity index (χ1) is 7.83. The molecule has 3 nitrogen and oxygen atoms in total. The molecule has 86 valence electrons. The number of carbonyl (C=O) groups is 1. The van der Waals surface area contributed by atoms with Crippen molar-refractivity contribution in [1.82, 2.24) is 5.32 Å². The molecule has 0 spiro atoms. The first-order valence-electron chi connectivity index (χ1n) is 5.73. The van der Waals surface area contributed by atoms with Gasteiger partial charge in [-0.15, -0.1) is 0 Å². The molecule has 1 fully saturated rings. The lowest BCUT2D eigenvalue weighted by Crippen LogP contribution is -2.39. The fraction of sp³-hybridized carbons (Fsp3) is 0.462. The number of Topliss-reactive ketones (excluding diaryl/α,β-unsaturated/α-hetero) is 1. The predicted molar refractivity (Wildman–Crippen MR) is 62.5 cm³/mol. The number of nitrogens with one attached hydrogen (secondary N) is 1. The number of likely N-dealkylation sites (N-methyl/N-ethyl adjacent to an activating group) is 1. The number of ether oxygens (including phenoxy) is 1. The predicted octanol–water partition coefficient (Wildman–Crippen LogP) is 1.49. The Labute approximate surface area is 95.8 Å². The zero-order chi connectivity index (χ0) is 11.4. The SMILES string of the molecule is CCNC1COCC1C(=O)c1ccccc1. The Morgan fingerprint density at radius 1 is 1.38 bits per heavy atom. The van der Waals surface area contributed by atoms with E-state index in [0.29, 0.717) is 13.2 Å². The summed E-state index contributed by atoms with van der Waals surface area (Å²) < 4.78 is 5.38. The Kier molecular flexibility index (Phi) is 3.70. The molecule has 1 aliphatic heterocycles. The number of ketones is 1. The zero-order valence-corrected chi connectivity index (χ0v) is 9.48. The van der Waals surface area contributed by atoms with Crippen molar-refractivity contribution in [3.63, 3.8) is 0 Å². The highest BCUT2D eigenvalue weighted by atomic mass is 16.5. The molecule has 0 bridgehead atoms. The second-order valence-corrected chi connectivity index (χ2v) is 4.04. The van der Waals surface area contributed by atoms with Crippen molar-refractivity contribution < 1.29 is 9.53 Å². The van der Waals surface area contributed by atoms with E-state index < -0.39 is 0 Å². The molecule has 1 saturated heterocycles. The lowest BCUT2D eigenvalue weighted by atomic mass is 9.93. The monoisotopic (exact) mass is 219 g/mol. The van der Waals surface area contributed by atoms with E-state index in [1.165, 1.54) is 0 Å². The van der Waals surface area contributed by atoms with E-state index in [4.69, 9.17) is 4.74 Å². The van der Waals surface area contributed by atoms with Gasteiger partial charge in [-0.2, -0.15) is 0 Å². The van der Waals surface area contributed by atoms with Gasteiger partial charge in [0.05, 0.1) is 19.1 Å². The van der Waals surface area contributed by atoms with Crippen molar-refractivity contribution in [2.45, 2.75) is 13.0 Å². The summed E-state index contributed by atoms with van der Waals surface area (Å²) in [5.74, 6) is 0.145. The summed E-state index contributed by atoms with van der Waals surface area (Å²) >= 11 is 0. The molecular weight excluding hydrogens is 202 g/mol. The summed E-state index contributed by atoms with van der Waals surface area (Å²) in [7, 11) is 0. The normalized spacial score (nSPS) is 24.6. The van der Waals surface area contributed by atoms with Gasteiger partial charge in [-0.25, -0.2) is 0 Å². The summed E-state index contributed by atoms with van der Waals surface area (Å²) in [6.45, 7) is 4.08. The van der Waals surface area contributed by atoms with Crippen LogP contribution in [0.2, 0.25) is 0 Å². The molecule has 1 heterocycles. The zero-order valence-electron chi connectivity index (χ0n) is 9.48. The van der Waals surface area contributed by atoms with E-state index in [0.717, 1.165) is 12.1 Å². The van der Waals surface area contributed by atoms with Gasteiger partial charge in [-0.3, -0.25) is 4.79 Å². The van der Waals surface area contributed by atoms with E-state index in [1.807, 2.05) is 37.3 Å². The maximum Gasteiger partial charge on any atom is 0.169 e. The molecule has 0 amide bonds. The van der Waals surface area contributed by atoms with Gasteiger partial charge in [0.2, 0.25) is 0 Å². The largest absolute Gasteiger partial charge is 0.379 e. The quantitative estimate of drug-likeness (QED) is 0.780. The van der Waals surface area contributed by atoms with Crippen LogP contribution in [0.15, 0.2) is 30.3 Å². The van der Waals surface area contributed by atoms with Crippen molar-refractivity contribution in [2.24, 2.45) is 5.92 Å². The minimum absolute atomic E-state index is 0.0395. The summed E-state index contributed by atoms with van der Waals surface area (Å²) in [4.78, 5) is 12.2. The second kappa shape index (κ2) is 5.23. The van der Waals surface area contributed by atoms with Gasteiger partial charge in [-0.05, 0) is 6.54 Å². The summed E-state index contributed by atoms with van der Waals surface area (Å²) in [5, 5.41) is 3.30. The van der Waals surface area contributed by atoms with Gasteiger partial charge >= 0.3 is 0 Å². The molecule has 1 aromatic rings.